The second-order valence-corrected chi connectivity index (χ2v) is 2.41. The summed E-state index contributed by atoms with van der Waals surface area (Å²) in [7, 11) is 0. The van der Waals surface area contributed by atoms with E-state index in [9.17, 15) is 4.79 Å². The van der Waals surface area contributed by atoms with Gasteiger partial charge in [0, 0.05) is 0 Å². The van der Waals surface area contributed by atoms with Crippen LogP contribution < -0.4 is 0 Å². The number of carbonyl (C=O) groups excluding carboxylic acids is 1. The first kappa shape index (κ1) is 6.33. The third-order valence-corrected chi connectivity index (χ3v) is 1.35. The van der Waals surface area contributed by atoms with E-state index in [1.165, 1.54) is 0 Å². The van der Waals surface area contributed by atoms with E-state index in [0.717, 1.165) is 5.57 Å². The lowest BCUT2D eigenvalue weighted by Crippen LogP contribution is -2.19. The number of rotatable bonds is 0. The highest BCUT2D eigenvalue weighted by Crippen LogP contribution is 2.11. The molecule has 1 aliphatic heterocycles. The minimum atomic E-state index is -0.111. The molecule has 2 heteroatoms. The van der Waals surface area contributed by atoms with E-state index in [1.54, 1.807) is 0 Å². The average Bonchev–Trinajstić information content (AvgIpc) is 1.80. The molecule has 0 spiro atoms. The Kier molecular flexibility index (Phi) is 1.56. The summed E-state index contributed by atoms with van der Waals surface area (Å²) in [5.41, 5.74) is 1.14. The van der Waals surface area contributed by atoms with Gasteiger partial charge in [0.25, 0.3) is 0 Å². The zero-order valence-electron chi connectivity index (χ0n) is 5.68. The van der Waals surface area contributed by atoms with Gasteiger partial charge in [-0.15, -0.1) is 0 Å². The number of hydrogen-bond donors (Lipinski definition) is 0. The molecule has 9 heavy (non-hydrogen) atoms. The second kappa shape index (κ2) is 2.21. The van der Waals surface area contributed by atoms with E-state index in [4.69, 9.17) is 4.74 Å². The second-order valence-electron chi connectivity index (χ2n) is 2.41. The molecule has 0 aliphatic carbocycles. The highest BCUT2D eigenvalue weighted by atomic mass is 16.5. The monoisotopic (exact) mass is 126 g/mol. The summed E-state index contributed by atoms with van der Waals surface area (Å²) in [5, 5.41) is 0. The van der Waals surface area contributed by atoms with Crippen LogP contribution in [0.3, 0.4) is 0 Å². The summed E-state index contributed by atoms with van der Waals surface area (Å²) in [6.45, 7) is 4.27. The lowest BCUT2D eigenvalue weighted by molar-refractivity contribution is -0.146. The van der Waals surface area contributed by atoms with Crippen molar-refractivity contribution in [3.05, 3.63) is 11.6 Å². The largest absolute Gasteiger partial charge is 0.461 e. The first-order valence-corrected chi connectivity index (χ1v) is 3.04. The molecule has 1 heterocycles. The fourth-order valence-corrected chi connectivity index (χ4v) is 0.859. The van der Waals surface area contributed by atoms with Crippen molar-refractivity contribution in [3.8, 4) is 0 Å². The van der Waals surface area contributed by atoms with Gasteiger partial charge in [-0.05, 0) is 19.4 Å². The summed E-state index contributed by atoms with van der Waals surface area (Å²) in [6, 6.07) is 0. The van der Waals surface area contributed by atoms with Gasteiger partial charge in [0.2, 0.25) is 0 Å². The Balaban J connectivity index is 2.69. The van der Waals surface area contributed by atoms with Gasteiger partial charge in [0.15, 0.2) is 0 Å². The van der Waals surface area contributed by atoms with Crippen molar-refractivity contribution in [3.63, 3.8) is 0 Å². The lowest BCUT2D eigenvalue weighted by atomic mass is 10.1. The van der Waals surface area contributed by atoms with Crippen molar-refractivity contribution in [2.45, 2.75) is 13.8 Å². The molecule has 0 aromatic heterocycles. The average molecular weight is 126 g/mol. The van der Waals surface area contributed by atoms with E-state index < -0.39 is 0 Å². The molecule has 0 saturated heterocycles. The number of esters is 1. The van der Waals surface area contributed by atoms with E-state index >= 15 is 0 Å². The molecule has 0 bridgehead atoms. The van der Waals surface area contributed by atoms with E-state index in [1.807, 2.05) is 19.9 Å². The maximum atomic E-state index is 10.7. The van der Waals surface area contributed by atoms with Crippen molar-refractivity contribution >= 4 is 5.97 Å². The van der Waals surface area contributed by atoms with Crippen molar-refractivity contribution in [1.29, 1.82) is 0 Å². The van der Waals surface area contributed by atoms with Crippen LogP contribution in [0.4, 0.5) is 0 Å². The molecule has 0 saturated carbocycles. The van der Waals surface area contributed by atoms with Gasteiger partial charge in [-0.2, -0.15) is 0 Å². The summed E-state index contributed by atoms with van der Waals surface area (Å²) in [4.78, 5) is 10.7. The SMILES string of the molecule is CC1=C[C@H](C)C(=O)OC1. The highest BCUT2D eigenvalue weighted by Gasteiger charge is 2.16. The van der Waals surface area contributed by atoms with Crippen LogP contribution >= 0.6 is 0 Å². The number of cyclic esters (lactones) is 1. The summed E-state index contributed by atoms with van der Waals surface area (Å²) >= 11 is 0. The van der Waals surface area contributed by atoms with Gasteiger partial charge < -0.3 is 4.74 Å². The Labute approximate surface area is 54.5 Å². The molecule has 1 rings (SSSR count). The third-order valence-electron chi connectivity index (χ3n) is 1.35. The molecular formula is C7H10O2. The topological polar surface area (TPSA) is 26.3 Å². The summed E-state index contributed by atoms with van der Waals surface area (Å²) in [5.74, 6) is -0.153. The molecular weight excluding hydrogens is 116 g/mol. The van der Waals surface area contributed by atoms with Crippen LogP contribution in [0.15, 0.2) is 11.6 Å². The van der Waals surface area contributed by atoms with Crippen LogP contribution in [-0.2, 0) is 9.53 Å². The van der Waals surface area contributed by atoms with Crippen LogP contribution in [0.2, 0.25) is 0 Å². The molecule has 0 N–H and O–H groups in total. The molecule has 0 unspecified atom stereocenters. The van der Waals surface area contributed by atoms with E-state index in [2.05, 4.69) is 0 Å². The van der Waals surface area contributed by atoms with E-state index in [-0.39, 0.29) is 11.9 Å². The molecule has 50 valence electrons. The van der Waals surface area contributed by atoms with Gasteiger partial charge in [0.1, 0.15) is 6.61 Å². The molecule has 0 aromatic rings. The third kappa shape index (κ3) is 1.31. The molecule has 0 radical (unpaired) electrons. The summed E-state index contributed by atoms with van der Waals surface area (Å²) < 4.78 is 4.80. The fraction of sp³-hybridized carbons (Fsp3) is 0.571. The first-order valence-electron chi connectivity index (χ1n) is 3.04. The Morgan fingerprint density at radius 3 is 2.89 bits per heavy atom. The highest BCUT2D eigenvalue weighted by molar-refractivity contribution is 5.75. The maximum Gasteiger partial charge on any atom is 0.312 e. The van der Waals surface area contributed by atoms with Crippen molar-refractivity contribution in [1.82, 2.24) is 0 Å². The quantitative estimate of drug-likeness (QED) is 0.359. The zero-order valence-corrected chi connectivity index (χ0v) is 5.68. The number of ether oxygens (including phenoxy) is 1. The lowest BCUT2D eigenvalue weighted by Gasteiger charge is -2.14. The van der Waals surface area contributed by atoms with Crippen LogP contribution in [0.5, 0.6) is 0 Å². The molecule has 0 amide bonds. The summed E-state index contributed by atoms with van der Waals surface area (Å²) in [6.07, 6.45) is 1.94. The van der Waals surface area contributed by atoms with Crippen LogP contribution in [0.1, 0.15) is 13.8 Å². The molecule has 1 atom stereocenters. The standard InChI is InChI=1S/C7H10O2/c1-5-3-6(2)7(8)9-4-5/h3,6H,4H2,1-2H3/t6-/m0/s1. The fourth-order valence-electron chi connectivity index (χ4n) is 0.859. The Bertz CT molecular complexity index is 158. The zero-order chi connectivity index (χ0) is 6.85. The predicted molar refractivity (Wildman–Crippen MR) is 33.9 cm³/mol. The van der Waals surface area contributed by atoms with Gasteiger partial charge in [-0.1, -0.05) is 6.08 Å². The maximum absolute atomic E-state index is 10.7. The van der Waals surface area contributed by atoms with Gasteiger partial charge in [-0.25, -0.2) is 0 Å². The van der Waals surface area contributed by atoms with Gasteiger partial charge in [0.05, 0.1) is 5.92 Å². The Morgan fingerprint density at radius 1 is 1.78 bits per heavy atom. The van der Waals surface area contributed by atoms with Crippen LogP contribution in [-0.4, -0.2) is 12.6 Å². The first-order chi connectivity index (χ1) is 4.20. The van der Waals surface area contributed by atoms with Crippen molar-refractivity contribution in [2.24, 2.45) is 5.92 Å². The Hall–Kier alpha value is -0.790. The van der Waals surface area contributed by atoms with Crippen molar-refractivity contribution < 1.29 is 9.53 Å². The van der Waals surface area contributed by atoms with E-state index in [0.29, 0.717) is 6.61 Å². The van der Waals surface area contributed by atoms with Crippen molar-refractivity contribution in [2.75, 3.05) is 6.61 Å². The molecule has 1 aliphatic rings. The smallest absolute Gasteiger partial charge is 0.312 e. The minimum Gasteiger partial charge on any atom is -0.461 e. The predicted octanol–water partition coefficient (Wildman–Crippen LogP) is 1.13. The molecule has 0 aromatic carbocycles. The number of hydrogen-bond acceptors (Lipinski definition) is 2. The Morgan fingerprint density at radius 2 is 2.44 bits per heavy atom. The minimum absolute atomic E-state index is 0.0428. The number of carbonyl (C=O) groups is 1. The van der Waals surface area contributed by atoms with Crippen LogP contribution in [0.25, 0.3) is 0 Å². The van der Waals surface area contributed by atoms with Gasteiger partial charge in [-0.3, -0.25) is 4.79 Å². The molecule has 0 fully saturated rings. The van der Waals surface area contributed by atoms with Gasteiger partial charge >= 0.3 is 5.97 Å². The molecule has 2 nitrogen and oxygen atoms in total. The van der Waals surface area contributed by atoms with Crippen LogP contribution in [0, 0.1) is 5.92 Å². The normalized spacial score (nSPS) is 27.1.